The molecule has 200 valence electrons. The first-order valence-electron chi connectivity index (χ1n) is 12.2. The first kappa shape index (κ1) is 26.6. The number of ether oxygens (including phenoxy) is 1. The lowest BCUT2D eigenvalue weighted by molar-refractivity contribution is 0.102. The zero-order valence-electron chi connectivity index (χ0n) is 21.3. The number of nitrogens with two attached hydrogens (primary N) is 1. The molecule has 0 unspecified atom stereocenters. The molecule has 0 aromatic heterocycles. The van der Waals surface area contributed by atoms with Gasteiger partial charge in [0.1, 0.15) is 5.75 Å². The first-order valence-corrected chi connectivity index (χ1v) is 12.2. The third kappa shape index (κ3) is 5.46. The zero-order valence-corrected chi connectivity index (χ0v) is 21.3. The molecular weight excluding hydrogens is 492 g/mol. The van der Waals surface area contributed by atoms with Crippen LogP contribution in [0.5, 0.6) is 5.75 Å². The van der Waals surface area contributed by atoms with E-state index < -0.39 is 23.1 Å². The molecule has 0 fully saturated rings. The summed E-state index contributed by atoms with van der Waals surface area (Å²) < 4.78 is 35.5. The van der Waals surface area contributed by atoms with Crippen molar-refractivity contribution < 1.29 is 18.3 Å². The van der Waals surface area contributed by atoms with Gasteiger partial charge in [0.15, 0.2) is 23.6 Å². The van der Waals surface area contributed by atoms with Gasteiger partial charge in [-0.2, -0.15) is 0 Å². The fourth-order valence-corrected chi connectivity index (χ4v) is 4.61. The second-order valence-electron chi connectivity index (χ2n) is 8.99. The molecule has 2 aromatic carbocycles. The lowest BCUT2D eigenvalue weighted by Crippen LogP contribution is -2.41. The number of hydrogen-bond donors (Lipinski definition) is 5. The zero-order chi connectivity index (χ0) is 27.4. The fraction of sp³-hybridized carbons (Fsp3) is 0.296. The molecule has 9 nitrogen and oxygen atoms in total. The van der Waals surface area contributed by atoms with Crippen LogP contribution in [-0.2, 0) is 0 Å². The van der Waals surface area contributed by atoms with Crippen molar-refractivity contribution in [2.75, 3.05) is 45.7 Å². The molecule has 0 bridgehead atoms. The Morgan fingerprint density at radius 1 is 0.974 bits per heavy atom. The van der Waals surface area contributed by atoms with Gasteiger partial charge in [0.25, 0.3) is 5.91 Å². The smallest absolute Gasteiger partial charge is 0.258 e. The fourth-order valence-electron chi connectivity index (χ4n) is 4.61. The van der Waals surface area contributed by atoms with Gasteiger partial charge in [-0.15, -0.1) is 0 Å². The van der Waals surface area contributed by atoms with Gasteiger partial charge in [0, 0.05) is 56.1 Å². The summed E-state index contributed by atoms with van der Waals surface area (Å²) >= 11 is 0. The standard InChI is InChI=1S/C27H31F2N7O2/c1-33-27(32)36-13-9-17(10-14-36)20-5-6-21(24(29)23(20)28)25(37)34-18-3-4-19(22(15-18)38-2)16-7-11-35(12-8-16)26(30)31/h3-7,9,15H,8,10-14H2,1-2H3,(H3,30,31)(H2,32,33)(H,34,37). The van der Waals surface area contributed by atoms with Crippen LogP contribution in [0, 0.1) is 22.5 Å². The number of anilines is 1. The largest absolute Gasteiger partial charge is 0.496 e. The molecule has 11 heteroatoms. The lowest BCUT2D eigenvalue weighted by atomic mass is 9.97. The maximum atomic E-state index is 15.0. The number of halogens is 2. The molecule has 0 radical (unpaired) electrons. The maximum Gasteiger partial charge on any atom is 0.258 e. The number of benzene rings is 2. The number of rotatable bonds is 5. The summed E-state index contributed by atoms with van der Waals surface area (Å²) in [4.78, 5) is 16.4. The normalized spacial score (nSPS) is 15.4. The van der Waals surface area contributed by atoms with E-state index in [4.69, 9.17) is 21.3 Å². The number of methoxy groups -OCH3 is 1. The van der Waals surface area contributed by atoms with Gasteiger partial charge in [-0.3, -0.25) is 15.6 Å². The Morgan fingerprint density at radius 3 is 2.18 bits per heavy atom. The number of amides is 1. The monoisotopic (exact) mass is 523 g/mol. The molecule has 6 N–H and O–H groups in total. The highest BCUT2D eigenvalue weighted by molar-refractivity contribution is 6.05. The van der Waals surface area contributed by atoms with E-state index in [9.17, 15) is 9.18 Å². The van der Waals surface area contributed by atoms with Crippen molar-refractivity contribution in [1.29, 1.82) is 10.8 Å². The molecule has 2 aliphatic heterocycles. The molecule has 0 saturated carbocycles. The Morgan fingerprint density at radius 2 is 1.61 bits per heavy atom. The van der Waals surface area contributed by atoms with Crippen molar-refractivity contribution in [2.24, 2.45) is 5.73 Å². The second-order valence-corrected chi connectivity index (χ2v) is 8.99. The minimum Gasteiger partial charge on any atom is -0.496 e. The van der Waals surface area contributed by atoms with Gasteiger partial charge in [-0.1, -0.05) is 18.2 Å². The molecule has 38 heavy (non-hydrogen) atoms. The van der Waals surface area contributed by atoms with Crippen LogP contribution in [0.4, 0.5) is 14.5 Å². The Balaban J connectivity index is 1.50. The van der Waals surface area contributed by atoms with Gasteiger partial charge in [0.05, 0.1) is 12.7 Å². The van der Waals surface area contributed by atoms with Crippen molar-refractivity contribution in [2.45, 2.75) is 12.8 Å². The number of carbonyl (C=O) groups is 1. The van der Waals surface area contributed by atoms with Gasteiger partial charge in [0.2, 0.25) is 0 Å². The molecular formula is C27H31F2N7O2. The molecule has 0 aliphatic carbocycles. The van der Waals surface area contributed by atoms with Gasteiger partial charge < -0.3 is 30.9 Å². The highest BCUT2D eigenvalue weighted by Crippen LogP contribution is 2.33. The van der Waals surface area contributed by atoms with Crippen LogP contribution >= 0.6 is 0 Å². The van der Waals surface area contributed by atoms with E-state index in [1.54, 1.807) is 41.1 Å². The molecule has 2 heterocycles. The van der Waals surface area contributed by atoms with E-state index in [1.165, 1.54) is 19.2 Å². The third-order valence-corrected chi connectivity index (χ3v) is 6.79. The molecule has 0 atom stereocenters. The molecule has 0 saturated heterocycles. The number of nitrogens with zero attached hydrogens (tertiary/aromatic N) is 2. The van der Waals surface area contributed by atoms with Crippen molar-refractivity contribution in [3.8, 4) is 5.75 Å². The average molecular weight is 524 g/mol. The van der Waals surface area contributed by atoms with Crippen LogP contribution < -0.4 is 21.1 Å². The van der Waals surface area contributed by atoms with E-state index >= 15 is 4.39 Å². The highest BCUT2D eigenvalue weighted by Gasteiger charge is 2.23. The van der Waals surface area contributed by atoms with Crippen molar-refractivity contribution in [1.82, 2.24) is 15.1 Å². The number of hydrogen-bond acceptors (Lipinski definition) is 4. The van der Waals surface area contributed by atoms with E-state index in [1.807, 2.05) is 6.08 Å². The van der Waals surface area contributed by atoms with E-state index in [0.29, 0.717) is 56.0 Å². The van der Waals surface area contributed by atoms with Crippen LogP contribution in [0.25, 0.3) is 11.1 Å². The SMILES string of the molecule is CNC(=N)N1CC=C(c2ccc(C(=O)Nc3ccc(C4=CCN(C(=N)N)CC4)c(OC)c3)c(F)c2F)CC1. The predicted octanol–water partition coefficient (Wildman–Crippen LogP) is 3.45. The molecule has 4 rings (SSSR count). The van der Waals surface area contributed by atoms with Gasteiger partial charge in [-0.25, -0.2) is 8.78 Å². The van der Waals surface area contributed by atoms with Crippen LogP contribution in [0.1, 0.15) is 34.3 Å². The van der Waals surface area contributed by atoms with Crippen molar-refractivity contribution in [3.05, 3.63) is 70.8 Å². The maximum absolute atomic E-state index is 15.0. The average Bonchev–Trinajstić information content (AvgIpc) is 2.94. The summed E-state index contributed by atoms with van der Waals surface area (Å²) in [5.74, 6) is -2.25. The summed E-state index contributed by atoms with van der Waals surface area (Å²) in [6.07, 6.45) is 4.86. The van der Waals surface area contributed by atoms with E-state index in [2.05, 4.69) is 10.6 Å². The van der Waals surface area contributed by atoms with Crippen LogP contribution in [0.3, 0.4) is 0 Å². The summed E-state index contributed by atoms with van der Waals surface area (Å²) in [6, 6.07) is 7.82. The van der Waals surface area contributed by atoms with Gasteiger partial charge >= 0.3 is 0 Å². The van der Waals surface area contributed by atoms with Crippen molar-refractivity contribution in [3.63, 3.8) is 0 Å². The predicted molar refractivity (Wildman–Crippen MR) is 144 cm³/mol. The highest BCUT2D eigenvalue weighted by atomic mass is 19.2. The van der Waals surface area contributed by atoms with Crippen LogP contribution in [-0.4, -0.2) is 68.0 Å². The summed E-state index contributed by atoms with van der Waals surface area (Å²) in [5.41, 5.74) is 8.17. The number of guanidine groups is 2. The Hall–Kier alpha value is -4.41. The summed E-state index contributed by atoms with van der Waals surface area (Å²) in [5, 5.41) is 20.8. The first-order chi connectivity index (χ1) is 18.2. The third-order valence-electron chi connectivity index (χ3n) is 6.79. The van der Waals surface area contributed by atoms with Crippen molar-refractivity contribution >= 4 is 34.7 Å². The Bertz CT molecular complexity index is 1340. The van der Waals surface area contributed by atoms with Crippen LogP contribution in [0.2, 0.25) is 0 Å². The molecule has 2 aliphatic rings. The number of nitrogens with one attached hydrogen (secondary N) is 4. The minimum absolute atomic E-state index is 0.0232. The summed E-state index contributed by atoms with van der Waals surface area (Å²) in [6.45, 7) is 2.03. The van der Waals surface area contributed by atoms with Gasteiger partial charge in [-0.05, 0) is 42.2 Å². The van der Waals surface area contributed by atoms with E-state index in [0.717, 1.165) is 11.1 Å². The molecule has 0 spiro atoms. The van der Waals surface area contributed by atoms with E-state index in [-0.39, 0.29) is 17.5 Å². The number of carbonyl (C=O) groups excluding carboxylic acids is 1. The molecule has 1 amide bonds. The Labute approximate surface area is 220 Å². The molecule has 2 aromatic rings. The topological polar surface area (TPSA) is 131 Å². The summed E-state index contributed by atoms with van der Waals surface area (Å²) in [7, 11) is 3.17. The Kier molecular flexibility index (Phi) is 7.94. The quantitative estimate of drug-likeness (QED) is 0.302. The second kappa shape index (κ2) is 11.3. The van der Waals surface area contributed by atoms with Crippen LogP contribution in [0.15, 0.2) is 42.5 Å². The minimum atomic E-state index is -1.21. The lowest BCUT2D eigenvalue weighted by Gasteiger charge is -2.28.